The maximum Gasteiger partial charge on any atom is 0.230 e. The number of hydrogen-bond donors (Lipinski definition) is 3. The Morgan fingerprint density at radius 3 is 3.00 bits per heavy atom. The standard InChI is InChI=1S/C14H17N5O/c15-13-6-5-9(8-16-13)17-14(20)7-12-10-3-1-2-4-11(10)18-19-12/h5-6,8H,1-4,7H2,(H2,15,16)(H,17,20)(H,18,19). The van der Waals surface area contributed by atoms with Crippen LogP contribution in [0.25, 0.3) is 0 Å². The molecule has 0 unspecified atom stereocenters. The summed E-state index contributed by atoms with van der Waals surface area (Å²) in [4.78, 5) is 16.0. The Morgan fingerprint density at radius 2 is 2.20 bits per heavy atom. The number of anilines is 2. The first-order valence-electron chi connectivity index (χ1n) is 6.79. The highest BCUT2D eigenvalue weighted by atomic mass is 16.1. The van der Waals surface area contributed by atoms with Gasteiger partial charge in [-0.1, -0.05) is 0 Å². The molecule has 2 aromatic heterocycles. The van der Waals surface area contributed by atoms with Gasteiger partial charge in [0.05, 0.1) is 24.0 Å². The van der Waals surface area contributed by atoms with Crippen LogP contribution in [0.2, 0.25) is 0 Å². The van der Waals surface area contributed by atoms with Crippen molar-refractivity contribution in [3.63, 3.8) is 0 Å². The van der Waals surface area contributed by atoms with Gasteiger partial charge in [0.2, 0.25) is 5.91 Å². The van der Waals surface area contributed by atoms with Gasteiger partial charge in [-0.25, -0.2) is 4.98 Å². The van der Waals surface area contributed by atoms with Gasteiger partial charge in [-0.2, -0.15) is 5.10 Å². The average Bonchev–Trinajstić information content (AvgIpc) is 2.85. The average molecular weight is 271 g/mol. The lowest BCUT2D eigenvalue weighted by Crippen LogP contribution is -2.16. The fourth-order valence-corrected chi connectivity index (χ4v) is 2.53. The Labute approximate surface area is 116 Å². The van der Waals surface area contributed by atoms with Crippen LogP contribution < -0.4 is 11.1 Å². The van der Waals surface area contributed by atoms with E-state index >= 15 is 0 Å². The minimum Gasteiger partial charge on any atom is -0.384 e. The molecule has 2 heterocycles. The van der Waals surface area contributed by atoms with Crippen molar-refractivity contribution in [2.75, 3.05) is 11.1 Å². The van der Waals surface area contributed by atoms with Crippen molar-refractivity contribution in [2.45, 2.75) is 32.1 Å². The Balaban J connectivity index is 1.67. The van der Waals surface area contributed by atoms with Crippen molar-refractivity contribution < 1.29 is 4.79 Å². The van der Waals surface area contributed by atoms with Gasteiger partial charge in [-0.05, 0) is 43.4 Å². The lowest BCUT2D eigenvalue weighted by molar-refractivity contribution is -0.115. The van der Waals surface area contributed by atoms with Crippen LogP contribution in [0.15, 0.2) is 18.3 Å². The molecule has 3 rings (SSSR count). The molecular formula is C14H17N5O. The summed E-state index contributed by atoms with van der Waals surface area (Å²) in [6.45, 7) is 0. The molecule has 0 saturated carbocycles. The van der Waals surface area contributed by atoms with Crippen molar-refractivity contribution >= 4 is 17.4 Å². The fraction of sp³-hybridized carbons (Fsp3) is 0.357. The number of hydrogen-bond acceptors (Lipinski definition) is 4. The van der Waals surface area contributed by atoms with E-state index in [2.05, 4.69) is 20.5 Å². The molecule has 20 heavy (non-hydrogen) atoms. The summed E-state index contributed by atoms with van der Waals surface area (Å²) in [6, 6.07) is 3.40. The third kappa shape index (κ3) is 2.64. The summed E-state index contributed by atoms with van der Waals surface area (Å²) in [7, 11) is 0. The molecule has 104 valence electrons. The largest absolute Gasteiger partial charge is 0.384 e. The number of amides is 1. The van der Waals surface area contributed by atoms with E-state index in [0.29, 0.717) is 11.5 Å². The van der Waals surface area contributed by atoms with Crippen LogP contribution in [0.5, 0.6) is 0 Å². The van der Waals surface area contributed by atoms with Crippen LogP contribution in [-0.2, 0) is 24.1 Å². The molecule has 0 saturated heterocycles. The second kappa shape index (κ2) is 5.32. The number of carbonyl (C=O) groups is 1. The second-order valence-electron chi connectivity index (χ2n) is 5.03. The summed E-state index contributed by atoms with van der Waals surface area (Å²) in [5.74, 6) is 0.348. The number of aromatic amines is 1. The van der Waals surface area contributed by atoms with Crippen LogP contribution >= 0.6 is 0 Å². The van der Waals surface area contributed by atoms with Crippen molar-refractivity contribution in [2.24, 2.45) is 0 Å². The van der Waals surface area contributed by atoms with Crippen molar-refractivity contribution in [3.8, 4) is 0 Å². The van der Waals surface area contributed by atoms with Crippen LogP contribution in [0, 0.1) is 0 Å². The SMILES string of the molecule is Nc1ccc(NC(=O)Cc2n[nH]c3c2CCCC3)cn1. The third-order valence-corrected chi connectivity index (χ3v) is 3.54. The van der Waals surface area contributed by atoms with Gasteiger partial charge in [-0.15, -0.1) is 0 Å². The molecule has 6 nitrogen and oxygen atoms in total. The van der Waals surface area contributed by atoms with Gasteiger partial charge in [-0.3, -0.25) is 9.89 Å². The number of nitrogens with zero attached hydrogens (tertiary/aromatic N) is 2. The molecule has 4 N–H and O–H groups in total. The zero-order chi connectivity index (χ0) is 13.9. The van der Waals surface area contributed by atoms with Crippen LogP contribution in [-0.4, -0.2) is 21.1 Å². The number of fused-ring (bicyclic) bond motifs is 1. The number of aromatic nitrogens is 3. The lowest BCUT2D eigenvalue weighted by atomic mass is 9.95. The Morgan fingerprint density at radius 1 is 1.35 bits per heavy atom. The highest BCUT2D eigenvalue weighted by molar-refractivity contribution is 5.92. The summed E-state index contributed by atoms with van der Waals surface area (Å²) >= 11 is 0. The Bertz CT molecular complexity index is 617. The molecule has 0 aromatic carbocycles. The molecule has 6 heteroatoms. The highest BCUT2D eigenvalue weighted by Gasteiger charge is 2.18. The molecule has 1 amide bonds. The van der Waals surface area contributed by atoms with E-state index in [1.165, 1.54) is 24.1 Å². The second-order valence-corrected chi connectivity index (χ2v) is 5.03. The molecule has 1 aliphatic carbocycles. The smallest absolute Gasteiger partial charge is 0.230 e. The van der Waals surface area contributed by atoms with Crippen LogP contribution in [0.4, 0.5) is 11.5 Å². The van der Waals surface area contributed by atoms with Crippen molar-refractivity contribution in [1.82, 2.24) is 15.2 Å². The molecule has 0 spiro atoms. The number of nitrogen functional groups attached to an aromatic ring is 1. The Kier molecular flexibility index (Phi) is 3.37. The third-order valence-electron chi connectivity index (χ3n) is 3.54. The molecule has 0 bridgehead atoms. The van der Waals surface area contributed by atoms with E-state index in [0.717, 1.165) is 18.5 Å². The summed E-state index contributed by atoms with van der Waals surface area (Å²) in [6.07, 6.45) is 6.24. The normalized spacial score (nSPS) is 13.8. The molecule has 0 aliphatic heterocycles. The number of H-pyrrole nitrogens is 1. The van der Waals surface area contributed by atoms with E-state index < -0.39 is 0 Å². The van der Waals surface area contributed by atoms with Crippen molar-refractivity contribution in [3.05, 3.63) is 35.3 Å². The van der Waals surface area contributed by atoms with Gasteiger partial charge in [0.25, 0.3) is 0 Å². The minimum atomic E-state index is -0.0866. The van der Waals surface area contributed by atoms with E-state index in [1.54, 1.807) is 18.3 Å². The first-order valence-corrected chi connectivity index (χ1v) is 6.79. The fourth-order valence-electron chi connectivity index (χ4n) is 2.53. The van der Waals surface area contributed by atoms with Gasteiger partial charge in [0.1, 0.15) is 5.82 Å². The monoisotopic (exact) mass is 271 g/mol. The zero-order valence-corrected chi connectivity index (χ0v) is 11.1. The first kappa shape index (κ1) is 12.7. The summed E-state index contributed by atoms with van der Waals surface area (Å²) in [5.41, 5.74) is 9.43. The minimum absolute atomic E-state index is 0.0866. The topological polar surface area (TPSA) is 96.7 Å². The van der Waals surface area contributed by atoms with Gasteiger partial charge < -0.3 is 11.1 Å². The number of carbonyl (C=O) groups excluding carboxylic acids is 1. The number of nitrogens with one attached hydrogen (secondary N) is 2. The maximum atomic E-state index is 12.0. The molecule has 0 fully saturated rings. The predicted molar refractivity (Wildman–Crippen MR) is 76.2 cm³/mol. The molecule has 1 aliphatic rings. The van der Waals surface area contributed by atoms with Gasteiger partial charge >= 0.3 is 0 Å². The predicted octanol–water partition coefficient (Wildman–Crippen LogP) is 1.45. The molecular weight excluding hydrogens is 254 g/mol. The molecule has 0 atom stereocenters. The number of aryl methyl sites for hydroxylation is 1. The zero-order valence-electron chi connectivity index (χ0n) is 11.1. The van der Waals surface area contributed by atoms with Crippen molar-refractivity contribution in [1.29, 1.82) is 0 Å². The number of pyridine rings is 1. The van der Waals surface area contributed by atoms with Gasteiger partial charge in [0.15, 0.2) is 0 Å². The quantitative estimate of drug-likeness (QED) is 0.787. The van der Waals surface area contributed by atoms with Crippen LogP contribution in [0.3, 0.4) is 0 Å². The first-order chi connectivity index (χ1) is 9.72. The molecule has 2 aromatic rings. The summed E-state index contributed by atoms with van der Waals surface area (Å²) < 4.78 is 0. The summed E-state index contributed by atoms with van der Waals surface area (Å²) in [5, 5.41) is 10.1. The van der Waals surface area contributed by atoms with Crippen LogP contribution in [0.1, 0.15) is 29.8 Å². The number of rotatable bonds is 3. The van der Waals surface area contributed by atoms with E-state index in [-0.39, 0.29) is 12.3 Å². The number of nitrogens with two attached hydrogens (primary N) is 1. The lowest BCUT2D eigenvalue weighted by Gasteiger charge is -2.11. The Hall–Kier alpha value is -2.37. The van der Waals surface area contributed by atoms with E-state index in [1.807, 2.05) is 0 Å². The van der Waals surface area contributed by atoms with E-state index in [4.69, 9.17) is 5.73 Å². The molecule has 0 radical (unpaired) electrons. The maximum absolute atomic E-state index is 12.0. The highest BCUT2D eigenvalue weighted by Crippen LogP contribution is 2.22. The van der Waals surface area contributed by atoms with Gasteiger partial charge in [0, 0.05) is 5.69 Å². The van der Waals surface area contributed by atoms with E-state index in [9.17, 15) is 4.79 Å².